The van der Waals surface area contributed by atoms with Crippen LogP contribution in [0.25, 0.3) is 11.1 Å². The number of hydrogen-bond acceptors (Lipinski definition) is 4. The van der Waals surface area contributed by atoms with E-state index in [-0.39, 0.29) is 5.97 Å². The van der Waals surface area contributed by atoms with Crippen molar-refractivity contribution in [3.05, 3.63) is 54.1 Å². The first kappa shape index (κ1) is 16.0. The molecule has 0 amide bonds. The maximum absolute atomic E-state index is 11.3. The largest absolute Gasteiger partial charge is 0.468 e. The summed E-state index contributed by atoms with van der Waals surface area (Å²) in [6.07, 6.45) is 0.479. The minimum atomic E-state index is -0.616. The van der Waals surface area contributed by atoms with E-state index in [0.717, 1.165) is 16.7 Å². The van der Waals surface area contributed by atoms with Crippen LogP contribution in [0.4, 0.5) is 5.69 Å². The van der Waals surface area contributed by atoms with Crippen molar-refractivity contribution in [3.63, 3.8) is 0 Å². The van der Waals surface area contributed by atoms with Crippen molar-refractivity contribution in [2.75, 3.05) is 26.1 Å². The lowest BCUT2D eigenvalue weighted by molar-refractivity contribution is -0.142. The fourth-order valence-corrected chi connectivity index (χ4v) is 2.27. The lowest BCUT2D eigenvalue weighted by atomic mass is 10.0. The van der Waals surface area contributed by atoms with Crippen LogP contribution in [0.1, 0.15) is 5.56 Å². The Morgan fingerprint density at radius 1 is 1.05 bits per heavy atom. The molecule has 0 aromatic heterocycles. The maximum Gasteiger partial charge on any atom is 0.322 e. The number of benzene rings is 2. The SMILES string of the molecule is COC(=O)[C@@H](N)Cc1ccc(-c2ccc(N(C)C)cc2)cc1. The Bertz CT molecular complexity index is 619. The van der Waals surface area contributed by atoms with Crippen LogP contribution in [0, 0.1) is 0 Å². The molecule has 1 atom stereocenters. The van der Waals surface area contributed by atoms with Crippen LogP contribution in [-0.4, -0.2) is 33.2 Å². The minimum Gasteiger partial charge on any atom is -0.468 e. The van der Waals surface area contributed by atoms with Crippen LogP contribution >= 0.6 is 0 Å². The first-order chi connectivity index (χ1) is 10.5. The number of nitrogens with zero attached hydrogens (tertiary/aromatic N) is 1. The van der Waals surface area contributed by atoms with Gasteiger partial charge in [0.1, 0.15) is 6.04 Å². The van der Waals surface area contributed by atoms with E-state index >= 15 is 0 Å². The zero-order valence-electron chi connectivity index (χ0n) is 13.2. The van der Waals surface area contributed by atoms with Gasteiger partial charge in [0.2, 0.25) is 0 Å². The highest BCUT2D eigenvalue weighted by atomic mass is 16.5. The molecule has 0 saturated heterocycles. The molecule has 0 fully saturated rings. The summed E-state index contributed by atoms with van der Waals surface area (Å²) in [4.78, 5) is 13.4. The monoisotopic (exact) mass is 298 g/mol. The Kier molecular flexibility index (Phi) is 5.17. The molecule has 22 heavy (non-hydrogen) atoms. The molecule has 0 bridgehead atoms. The predicted octanol–water partition coefficient (Wildman–Crippen LogP) is 2.46. The molecule has 0 radical (unpaired) electrons. The summed E-state index contributed by atoms with van der Waals surface area (Å²) >= 11 is 0. The molecule has 2 rings (SSSR count). The van der Waals surface area contributed by atoms with Crippen LogP contribution in [0.3, 0.4) is 0 Å². The van der Waals surface area contributed by atoms with Crippen LogP contribution in [0.5, 0.6) is 0 Å². The molecule has 2 N–H and O–H groups in total. The standard InChI is InChI=1S/C18H22N2O2/c1-20(2)16-10-8-15(9-11-16)14-6-4-13(5-7-14)12-17(19)18(21)22-3/h4-11,17H,12,19H2,1-3H3/t17-/m0/s1. The first-order valence-electron chi connectivity index (χ1n) is 7.21. The van der Waals surface area contributed by atoms with Gasteiger partial charge >= 0.3 is 5.97 Å². The second-order valence-corrected chi connectivity index (χ2v) is 5.47. The van der Waals surface area contributed by atoms with Gasteiger partial charge in [-0.25, -0.2) is 0 Å². The Labute approximate surface area is 131 Å². The van der Waals surface area contributed by atoms with Crippen molar-refractivity contribution < 1.29 is 9.53 Å². The number of methoxy groups -OCH3 is 1. The molecule has 0 spiro atoms. The van der Waals surface area contributed by atoms with Gasteiger partial charge in [-0.05, 0) is 35.2 Å². The molecule has 2 aromatic rings. The molecule has 0 aliphatic rings. The molecule has 2 aromatic carbocycles. The third-order valence-corrected chi connectivity index (χ3v) is 3.63. The Balaban J connectivity index is 2.10. The normalized spacial score (nSPS) is 11.8. The number of carbonyl (C=O) groups is 1. The lowest BCUT2D eigenvalue weighted by Gasteiger charge is -2.13. The van der Waals surface area contributed by atoms with E-state index in [1.807, 2.05) is 38.4 Å². The van der Waals surface area contributed by atoms with Gasteiger partial charge in [0, 0.05) is 19.8 Å². The average Bonchev–Trinajstić information content (AvgIpc) is 2.54. The van der Waals surface area contributed by atoms with E-state index in [4.69, 9.17) is 5.73 Å². The van der Waals surface area contributed by atoms with Crippen LogP contribution < -0.4 is 10.6 Å². The second-order valence-electron chi connectivity index (χ2n) is 5.47. The van der Waals surface area contributed by atoms with E-state index in [9.17, 15) is 4.79 Å². The summed E-state index contributed by atoms with van der Waals surface area (Å²) in [6.45, 7) is 0. The number of nitrogens with two attached hydrogens (primary N) is 1. The zero-order valence-corrected chi connectivity index (χ0v) is 13.2. The fourth-order valence-electron chi connectivity index (χ4n) is 2.27. The van der Waals surface area contributed by atoms with E-state index < -0.39 is 6.04 Å². The third-order valence-electron chi connectivity index (χ3n) is 3.63. The number of rotatable bonds is 5. The Morgan fingerprint density at radius 2 is 1.55 bits per heavy atom. The van der Waals surface area contributed by atoms with Crippen molar-refractivity contribution in [3.8, 4) is 11.1 Å². The van der Waals surface area contributed by atoms with Gasteiger partial charge in [-0.1, -0.05) is 36.4 Å². The van der Waals surface area contributed by atoms with Crippen LogP contribution in [0.2, 0.25) is 0 Å². The topological polar surface area (TPSA) is 55.6 Å². The van der Waals surface area contributed by atoms with Gasteiger partial charge in [-0.3, -0.25) is 4.79 Å². The number of ether oxygens (including phenoxy) is 1. The van der Waals surface area contributed by atoms with Gasteiger partial charge in [0.15, 0.2) is 0 Å². The van der Waals surface area contributed by atoms with Gasteiger partial charge in [-0.15, -0.1) is 0 Å². The van der Waals surface area contributed by atoms with Crippen molar-refractivity contribution in [2.45, 2.75) is 12.5 Å². The quantitative estimate of drug-likeness (QED) is 0.862. The summed E-state index contributed by atoms with van der Waals surface area (Å²) in [5, 5.41) is 0. The van der Waals surface area contributed by atoms with Gasteiger partial charge in [0.25, 0.3) is 0 Å². The highest BCUT2D eigenvalue weighted by molar-refractivity contribution is 5.75. The van der Waals surface area contributed by atoms with Crippen LogP contribution in [0.15, 0.2) is 48.5 Å². The van der Waals surface area contributed by atoms with Crippen molar-refractivity contribution >= 4 is 11.7 Å². The number of hydrogen-bond donors (Lipinski definition) is 1. The number of carbonyl (C=O) groups excluding carboxylic acids is 1. The number of esters is 1. The highest BCUT2D eigenvalue weighted by Gasteiger charge is 2.14. The molecule has 4 nitrogen and oxygen atoms in total. The Hall–Kier alpha value is -2.33. The first-order valence-corrected chi connectivity index (χ1v) is 7.21. The molecular weight excluding hydrogens is 276 g/mol. The summed E-state index contributed by atoms with van der Waals surface area (Å²) in [7, 11) is 5.39. The Morgan fingerprint density at radius 3 is 2.00 bits per heavy atom. The average molecular weight is 298 g/mol. The summed E-state index contributed by atoms with van der Waals surface area (Å²) in [5.74, 6) is -0.386. The van der Waals surface area contributed by atoms with E-state index in [1.54, 1.807) is 0 Å². The molecule has 0 heterocycles. The summed E-state index contributed by atoms with van der Waals surface area (Å²) in [6, 6.07) is 15.9. The molecule has 4 heteroatoms. The smallest absolute Gasteiger partial charge is 0.322 e. The molecular formula is C18H22N2O2. The third kappa shape index (κ3) is 3.86. The van der Waals surface area contributed by atoms with Gasteiger partial charge in [-0.2, -0.15) is 0 Å². The van der Waals surface area contributed by atoms with Crippen molar-refractivity contribution in [1.82, 2.24) is 0 Å². The molecule has 0 unspecified atom stereocenters. The minimum absolute atomic E-state index is 0.386. The van der Waals surface area contributed by atoms with Crippen LogP contribution in [-0.2, 0) is 16.0 Å². The molecule has 0 aliphatic carbocycles. The van der Waals surface area contributed by atoms with E-state index in [0.29, 0.717) is 6.42 Å². The maximum atomic E-state index is 11.3. The van der Waals surface area contributed by atoms with Gasteiger partial charge < -0.3 is 15.4 Å². The highest BCUT2D eigenvalue weighted by Crippen LogP contribution is 2.23. The molecule has 0 saturated carbocycles. The summed E-state index contributed by atoms with van der Waals surface area (Å²) in [5.41, 5.74) is 10.3. The summed E-state index contributed by atoms with van der Waals surface area (Å²) < 4.78 is 4.64. The van der Waals surface area contributed by atoms with Crippen molar-refractivity contribution in [2.24, 2.45) is 5.73 Å². The molecule has 0 aliphatic heterocycles. The van der Waals surface area contributed by atoms with Gasteiger partial charge in [0.05, 0.1) is 7.11 Å². The zero-order chi connectivity index (χ0) is 16.1. The number of anilines is 1. The van der Waals surface area contributed by atoms with E-state index in [2.05, 4.69) is 33.9 Å². The predicted molar refractivity (Wildman–Crippen MR) is 89.9 cm³/mol. The molecule has 116 valence electrons. The van der Waals surface area contributed by atoms with Crippen molar-refractivity contribution in [1.29, 1.82) is 0 Å². The second kappa shape index (κ2) is 7.09. The lowest BCUT2D eigenvalue weighted by Crippen LogP contribution is -2.33. The fraction of sp³-hybridized carbons (Fsp3) is 0.278. The van der Waals surface area contributed by atoms with E-state index in [1.165, 1.54) is 12.8 Å².